The van der Waals surface area contributed by atoms with Crippen LogP contribution in [0.3, 0.4) is 0 Å². The van der Waals surface area contributed by atoms with Gasteiger partial charge in [-0.15, -0.1) is 0 Å². The number of anilines is 1. The topological polar surface area (TPSA) is 58.4 Å². The minimum absolute atomic E-state index is 0.0649. The third-order valence-corrected chi connectivity index (χ3v) is 3.12. The summed E-state index contributed by atoms with van der Waals surface area (Å²) in [7, 11) is 0. The first-order valence-corrected chi connectivity index (χ1v) is 7.00. The molecule has 3 N–H and O–H groups in total. The fourth-order valence-electron chi connectivity index (χ4n) is 1.95. The van der Waals surface area contributed by atoms with E-state index in [2.05, 4.69) is 24.1 Å². The summed E-state index contributed by atoms with van der Waals surface area (Å²) >= 11 is 0. The second-order valence-electron chi connectivity index (χ2n) is 4.63. The zero-order valence-electron chi connectivity index (χ0n) is 12.0. The van der Waals surface area contributed by atoms with E-state index in [1.54, 1.807) is 0 Å². The number of carbonyl (C=O) groups excluding carboxylic acids is 1. The maximum Gasteiger partial charge on any atom is 0.225 e. The highest BCUT2D eigenvalue weighted by molar-refractivity contribution is 5.90. The van der Waals surface area contributed by atoms with Gasteiger partial charge in [0.25, 0.3) is 0 Å². The minimum Gasteiger partial charge on any atom is -0.326 e. The Hall–Kier alpha value is -1.39. The number of nitrogens with zero attached hydrogens (tertiary/aromatic N) is 1. The molecule has 0 aliphatic rings. The van der Waals surface area contributed by atoms with Gasteiger partial charge in [-0.05, 0) is 37.2 Å². The number of rotatable bonds is 8. The molecule has 4 heteroatoms. The van der Waals surface area contributed by atoms with Gasteiger partial charge in [0.15, 0.2) is 0 Å². The second-order valence-corrected chi connectivity index (χ2v) is 4.63. The van der Waals surface area contributed by atoms with Crippen LogP contribution in [-0.2, 0) is 11.3 Å². The van der Waals surface area contributed by atoms with E-state index in [1.165, 1.54) is 0 Å². The van der Waals surface area contributed by atoms with Crippen molar-refractivity contribution in [3.05, 3.63) is 29.8 Å². The Labute approximate surface area is 116 Å². The van der Waals surface area contributed by atoms with Crippen molar-refractivity contribution in [2.24, 2.45) is 5.73 Å². The number of nitrogens with one attached hydrogen (secondary N) is 1. The molecule has 1 amide bonds. The molecule has 0 heterocycles. The molecule has 4 nitrogen and oxygen atoms in total. The Morgan fingerprint density at radius 3 is 2.42 bits per heavy atom. The van der Waals surface area contributed by atoms with Gasteiger partial charge in [0, 0.05) is 25.2 Å². The van der Waals surface area contributed by atoms with E-state index in [0.717, 1.165) is 37.3 Å². The van der Waals surface area contributed by atoms with Crippen LogP contribution in [0.2, 0.25) is 0 Å². The van der Waals surface area contributed by atoms with E-state index >= 15 is 0 Å². The van der Waals surface area contributed by atoms with Gasteiger partial charge >= 0.3 is 0 Å². The number of nitrogens with two attached hydrogens (primary N) is 1. The predicted octanol–water partition coefficient (Wildman–Crippen LogP) is 2.21. The van der Waals surface area contributed by atoms with Gasteiger partial charge in [-0.2, -0.15) is 0 Å². The molecule has 1 aromatic rings. The Kier molecular flexibility index (Phi) is 7.15. The van der Waals surface area contributed by atoms with Crippen LogP contribution in [0.25, 0.3) is 0 Å². The minimum atomic E-state index is 0.0649. The lowest BCUT2D eigenvalue weighted by molar-refractivity contribution is -0.116. The number of hydrogen-bond donors (Lipinski definition) is 2. The Bertz CT molecular complexity index is 375. The molecular formula is C15H25N3O. The smallest absolute Gasteiger partial charge is 0.225 e. The van der Waals surface area contributed by atoms with Crippen molar-refractivity contribution >= 4 is 11.6 Å². The molecule has 0 radical (unpaired) electrons. The van der Waals surface area contributed by atoms with E-state index in [1.807, 2.05) is 24.3 Å². The van der Waals surface area contributed by atoms with Crippen molar-refractivity contribution in [1.29, 1.82) is 0 Å². The van der Waals surface area contributed by atoms with E-state index < -0.39 is 0 Å². The van der Waals surface area contributed by atoms with Crippen molar-refractivity contribution in [3.63, 3.8) is 0 Å². The second kappa shape index (κ2) is 8.67. The predicted molar refractivity (Wildman–Crippen MR) is 80.0 cm³/mol. The molecule has 0 spiro atoms. The van der Waals surface area contributed by atoms with E-state index in [9.17, 15) is 4.79 Å². The van der Waals surface area contributed by atoms with Gasteiger partial charge in [0.2, 0.25) is 5.91 Å². The summed E-state index contributed by atoms with van der Waals surface area (Å²) in [5.74, 6) is 0.0649. The molecule has 0 aromatic heterocycles. The molecular weight excluding hydrogens is 238 g/mol. The van der Waals surface area contributed by atoms with Crippen LogP contribution < -0.4 is 11.1 Å². The molecule has 1 aromatic carbocycles. The molecule has 0 saturated heterocycles. The monoisotopic (exact) mass is 263 g/mol. The largest absolute Gasteiger partial charge is 0.326 e. The number of benzene rings is 1. The first kappa shape index (κ1) is 15.7. The van der Waals surface area contributed by atoms with Crippen LogP contribution in [0.5, 0.6) is 0 Å². The Morgan fingerprint density at radius 2 is 1.89 bits per heavy atom. The molecule has 0 fully saturated rings. The van der Waals surface area contributed by atoms with Crippen molar-refractivity contribution in [1.82, 2.24) is 4.90 Å². The van der Waals surface area contributed by atoms with Crippen molar-refractivity contribution in [3.8, 4) is 0 Å². The fourth-order valence-corrected chi connectivity index (χ4v) is 1.95. The average Bonchev–Trinajstić information content (AvgIpc) is 2.44. The lowest BCUT2D eigenvalue weighted by Gasteiger charge is -2.18. The number of carbonyl (C=O) groups is 1. The van der Waals surface area contributed by atoms with Crippen LogP contribution in [-0.4, -0.2) is 30.4 Å². The molecule has 0 unspecified atom stereocenters. The molecule has 106 valence electrons. The average molecular weight is 263 g/mol. The fraction of sp³-hybridized carbons (Fsp3) is 0.533. The Morgan fingerprint density at radius 1 is 1.21 bits per heavy atom. The first-order valence-electron chi connectivity index (χ1n) is 7.00. The van der Waals surface area contributed by atoms with Gasteiger partial charge in [-0.3, -0.25) is 4.79 Å². The van der Waals surface area contributed by atoms with Crippen molar-refractivity contribution < 1.29 is 4.79 Å². The summed E-state index contributed by atoms with van der Waals surface area (Å²) in [5, 5.41) is 2.91. The maximum atomic E-state index is 11.8. The zero-order valence-corrected chi connectivity index (χ0v) is 12.0. The van der Waals surface area contributed by atoms with Crippen molar-refractivity contribution in [2.45, 2.75) is 33.2 Å². The van der Waals surface area contributed by atoms with Crippen LogP contribution in [0.1, 0.15) is 32.3 Å². The first-order chi connectivity index (χ1) is 9.19. The molecule has 19 heavy (non-hydrogen) atoms. The molecule has 0 aliphatic carbocycles. The summed E-state index contributed by atoms with van der Waals surface area (Å²) in [4.78, 5) is 14.1. The van der Waals surface area contributed by atoms with Crippen LogP contribution in [0.4, 0.5) is 5.69 Å². The SMILES string of the molecule is CCCN(CC)CCC(=O)Nc1ccc(CN)cc1. The third kappa shape index (κ3) is 5.85. The van der Waals surface area contributed by atoms with E-state index in [4.69, 9.17) is 5.73 Å². The summed E-state index contributed by atoms with van der Waals surface area (Å²) in [5.41, 5.74) is 7.43. The molecule has 0 aliphatic heterocycles. The lowest BCUT2D eigenvalue weighted by atomic mass is 10.2. The van der Waals surface area contributed by atoms with Crippen LogP contribution in [0.15, 0.2) is 24.3 Å². The van der Waals surface area contributed by atoms with Gasteiger partial charge in [-0.1, -0.05) is 26.0 Å². The standard InChI is InChI=1S/C15H25N3O/c1-3-10-18(4-2)11-9-15(19)17-14-7-5-13(12-16)6-8-14/h5-8H,3-4,9-12,16H2,1-2H3,(H,17,19). The highest BCUT2D eigenvalue weighted by Gasteiger charge is 2.06. The van der Waals surface area contributed by atoms with Gasteiger partial charge in [-0.25, -0.2) is 0 Å². The third-order valence-electron chi connectivity index (χ3n) is 3.12. The normalized spacial score (nSPS) is 10.7. The molecule has 0 atom stereocenters. The molecule has 0 saturated carbocycles. The molecule has 0 bridgehead atoms. The summed E-state index contributed by atoms with van der Waals surface area (Å²) in [6.45, 7) is 7.66. The summed E-state index contributed by atoms with van der Waals surface area (Å²) in [6, 6.07) is 7.66. The van der Waals surface area contributed by atoms with Crippen LogP contribution in [0, 0.1) is 0 Å². The van der Waals surface area contributed by atoms with Crippen LogP contribution >= 0.6 is 0 Å². The van der Waals surface area contributed by atoms with Gasteiger partial charge in [0.1, 0.15) is 0 Å². The number of amides is 1. The highest BCUT2D eigenvalue weighted by atomic mass is 16.1. The van der Waals surface area contributed by atoms with Crippen molar-refractivity contribution in [2.75, 3.05) is 25.0 Å². The summed E-state index contributed by atoms with van der Waals surface area (Å²) < 4.78 is 0. The number of hydrogen-bond acceptors (Lipinski definition) is 3. The quantitative estimate of drug-likeness (QED) is 0.756. The lowest BCUT2D eigenvalue weighted by Crippen LogP contribution is -2.28. The Balaban J connectivity index is 2.37. The van der Waals surface area contributed by atoms with Gasteiger partial charge < -0.3 is 16.0 Å². The summed E-state index contributed by atoms with van der Waals surface area (Å²) in [6.07, 6.45) is 1.66. The maximum absolute atomic E-state index is 11.8. The highest BCUT2D eigenvalue weighted by Crippen LogP contribution is 2.09. The zero-order chi connectivity index (χ0) is 14.1. The van der Waals surface area contributed by atoms with E-state index in [0.29, 0.717) is 13.0 Å². The van der Waals surface area contributed by atoms with E-state index in [-0.39, 0.29) is 5.91 Å². The molecule has 1 rings (SSSR count). The van der Waals surface area contributed by atoms with Gasteiger partial charge in [0.05, 0.1) is 0 Å².